The molecule has 1 N–H and O–H groups in total. The molecule has 0 saturated heterocycles. The molecule has 1 unspecified atom stereocenters. The minimum absolute atomic E-state index is 0.343. The summed E-state index contributed by atoms with van der Waals surface area (Å²) in [6.07, 6.45) is 2.98. The summed E-state index contributed by atoms with van der Waals surface area (Å²) in [5.74, 6) is -0.642. The molecule has 164 valence electrons. The summed E-state index contributed by atoms with van der Waals surface area (Å²) in [7, 11) is 0. The number of hydrogen-bond donors (Lipinski definition) is 1. The van der Waals surface area contributed by atoms with Gasteiger partial charge in [0.05, 0.1) is 18.5 Å². The van der Waals surface area contributed by atoms with Gasteiger partial charge in [-0.3, -0.25) is 4.68 Å². The van der Waals surface area contributed by atoms with E-state index < -0.39 is 12.1 Å². The van der Waals surface area contributed by atoms with E-state index in [0.29, 0.717) is 5.92 Å². The Kier molecular flexibility index (Phi) is 6.91. The van der Waals surface area contributed by atoms with Gasteiger partial charge in [-0.15, -0.1) is 0 Å². The average molecular weight is 427 g/mol. The molecule has 4 rings (SSSR count). The number of rotatable bonds is 6. The third-order valence-electron chi connectivity index (χ3n) is 4.95. The number of aryl methyl sites for hydroxylation is 1. The molecular weight excluding hydrogens is 403 g/mol. The van der Waals surface area contributed by atoms with E-state index in [1.54, 1.807) is 12.5 Å². The van der Waals surface area contributed by atoms with Crippen molar-refractivity contribution in [1.82, 2.24) is 19.7 Å². The topological polar surface area (TPSA) is 93.4 Å². The van der Waals surface area contributed by atoms with Crippen LogP contribution >= 0.6 is 0 Å². The van der Waals surface area contributed by atoms with E-state index in [4.69, 9.17) is 14.6 Å². The van der Waals surface area contributed by atoms with E-state index in [1.165, 1.54) is 24.1 Å². The number of aromatic nitrogens is 4. The summed E-state index contributed by atoms with van der Waals surface area (Å²) in [5, 5.41) is 11.7. The lowest BCUT2D eigenvalue weighted by Crippen LogP contribution is -2.37. The maximum absolute atomic E-state index is 10.6. The summed E-state index contributed by atoms with van der Waals surface area (Å²) in [6.45, 7) is 6.48. The zero-order valence-electron chi connectivity index (χ0n) is 16.5. The highest BCUT2D eigenvalue weighted by atomic mass is 19.4. The van der Waals surface area contributed by atoms with Crippen molar-refractivity contribution in [3.05, 3.63) is 36.0 Å². The Bertz CT molecular complexity index is 840. The number of carboxylic acid groups (broad SMARTS) is 1. The van der Waals surface area contributed by atoms with Crippen LogP contribution in [0.4, 0.5) is 19.0 Å². The molecule has 1 aliphatic carbocycles. The summed E-state index contributed by atoms with van der Waals surface area (Å²) >= 11 is 0. The third kappa shape index (κ3) is 5.68. The zero-order valence-corrected chi connectivity index (χ0v) is 16.5. The lowest BCUT2D eigenvalue weighted by atomic mass is 9.97. The first-order valence-corrected chi connectivity index (χ1v) is 9.73. The van der Waals surface area contributed by atoms with Gasteiger partial charge in [-0.25, -0.2) is 14.8 Å². The number of anilines is 1. The van der Waals surface area contributed by atoms with E-state index in [1.807, 2.05) is 12.3 Å². The van der Waals surface area contributed by atoms with Crippen LogP contribution in [0.5, 0.6) is 0 Å². The Morgan fingerprint density at radius 2 is 2.07 bits per heavy atom. The highest BCUT2D eigenvalue weighted by Gasteiger charge is 2.38. The molecule has 1 aliphatic heterocycles. The van der Waals surface area contributed by atoms with Crippen molar-refractivity contribution in [2.75, 3.05) is 24.7 Å². The minimum Gasteiger partial charge on any atom is -0.475 e. The molecule has 1 atom stereocenters. The van der Waals surface area contributed by atoms with Crippen LogP contribution in [0.3, 0.4) is 0 Å². The number of halogens is 3. The van der Waals surface area contributed by atoms with Crippen LogP contribution in [0.15, 0.2) is 24.8 Å². The Balaban J connectivity index is 0.000000318. The number of ether oxygens (including phenoxy) is 1. The van der Waals surface area contributed by atoms with Crippen molar-refractivity contribution in [3.63, 3.8) is 0 Å². The normalized spacial score (nSPS) is 18.4. The number of alkyl halides is 3. The first-order valence-electron chi connectivity index (χ1n) is 9.73. The summed E-state index contributed by atoms with van der Waals surface area (Å²) < 4.78 is 39.9. The second-order valence-electron chi connectivity index (χ2n) is 7.30. The SMILES string of the molecule is CCn1ncc2c1C(COCC1CC1)CN(c1ccncn1)C2.O=C(O)C(F)(F)F. The first kappa shape index (κ1) is 22.0. The molecular formula is C19H24F3N5O3. The summed E-state index contributed by atoms with van der Waals surface area (Å²) in [5.41, 5.74) is 2.63. The van der Waals surface area contributed by atoms with Gasteiger partial charge in [0.2, 0.25) is 0 Å². The number of fused-ring (bicyclic) bond motifs is 1. The van der Waals surface area contributed by atoms with Crippen LogP contribution in [0.2, 0.25) is 0 Å². The van der Waals surface area contributed by atoms with Gasteiger partial charge in [0.1, 0.15) is 12.1 Å². The maximum atomic E-state index is 10.6. The van der Waals surface area contributed by atoms with Crippen molar-refractivity contribution in [3.8, 4) is 0 Å². The van der Waals surface area contributed by atoms with Gasteiger partial charge in [0.25, 0.3) is 0 Å². The molecule has 8 nitrogen and oxygen atoms in total. The Labute approximate surface area is 171 Å². The van der Waals surface area contributed by atoms with Crippen LogP contribution in [0, 0.1) is 5.92 Å². The fraction of sp³-hybridized carbons (Fsp3) is 0.579. The molecule has 2 aliphatic rings. The van der Waals surface area contributed by atoms with Crippen molar-refractivity contribution in [2.24, 2.45) is 5.92 Å². The van der Waals surface area contributed by atoms with Crippen LogP contribution in [0.1, 0.15) is 36.9 Å². The lowest BCUT2D eigenvalue weighted by molar-refractivity contribution is -0.192. The van der Waals surface area contributed by atoms with Gasteiger partial charge >= 0.3 is 12.1 Å². The molecule has 3 heterocycles. The molecule has 11 heteroatoms. The molecule has 30 heavy (non-hydrogen) atoms. The zero-order chi connectivity index (χ0) is 21.7. The molecule has 2 aromatic heterocycles. The predicted molar refractivity (Wildman–Crippen MR) is 101 cm³/mol. The minimum atomic E-state index is -5.08. The van der Waals surface area contributed by atoms with E-state index >= 15 is 0 Å². The monoisotopic (exact) mass is 427 g/mol. The van der Waals surface area contributed by atoms with Gasteiger partial charge in [0.15, 0.2) is 0 Å². The van der Waals surface area contributed by atoms with Crippen molar-refractivity contribution >= 4 is 11.8 Å². The van der Waals surface area contributed by atoms with E-state index in [0.717, 1.165) is 44.6 Å². The largest absolute Gasteiger partial charge is 0.490 e. The second kappa shape index (κ2) is 9.41. The van der Waals surface area contributed by atoms with Gasteiger partial charge in [-0.05, 0) is 31.7 Å². The molecule has 0 aromatic carbocycles. The lowest BCUT2D eigenvalue weighted by Gasteiger charge is -2.34. The van der Waals surface area contributed by atoms with E-state index in [9.17, 15) is 13.2 Å². The highest BCUT2D eigenvalue weighted by Crippen LogP contribution is 2.33. The molecule has 0 amide bonds. The van der Waals surface area contributed by atoms with Crippen molar-refractivity contribution in [1.29, 1.82) is 0 Å². The molecule has 1 fully saturated rings. The van der Waals surface area contributed by atoms with E-state index in [-0.39, 0.29) is 0 Å². The van der Waals surface area contributed by atoms with Crippen molar-refractivity contribution < 1.29 is 27.8 Å². The van der Waals surface area contributed by atoms with Gasteiger partial charge in [-0.2, -0.15) is 18.3 Å². The smallest absolute Gasteiger partial charge is 0.475 e. The number of hydrogen-bond acceptors (Lipinski definition) is 6. The molecule has 0 spiro atoms. The number of aliphatic carboxylic acids is 1. The second-order valence-corrected chi connectivity index (χ2v) is 7.30. The predicted octanol–water partition coefficient (Wildman–Crippen LogP) is 2.86. The number of nitrogens with zero attached hydrogens (tertiary/aromatic N) is 5. The molecule has 0 bridgehead atoms. The fourth-order valence-electron chi connectivity index (χ4n) is 3.34. The van der Waals surface area contributed by atoms with Crippen LogP contribution < -0.4 is 4.90 Å². The van der Waals surface area contributed by atoms with Gasteiger partial charge < -0.3 is 14.7 Å². The molecule has 2 aromatic rings. The summed E-state index contributed by atoms with van der Waals surface area (Å²) in [4.78, 5) is 19.6. The Hall–Kier alpha value is -2.69. The fourth-order valence-corrected chi connectivity index (χ4v) is 3.34. The van der Waals surface area contributed by atoms with Crippen LogP contribution in [0.25, 0.3) is 0 Å². The first-order chi connectivity index (χ1) is 14.3. The Morgan fingerprint density at radius 3 is 2.63 bits per heavy atom. The average Bonchev–Trinajstić information content (AvgIpc) is 3.45. The maximum Gasteiger partial charge on any atom is 0.490 e. The highest BCUT2D eigenvalue weighted by molar-refractivity contribution is 5.73. The molecule has 0 radical (unpaired) electrons. The standard InChI is InChI=1S/C17H23N5O.C2HF3O2/c1-2-22-17-14(7-20-22)8-21(16-5-6-18-12-19-16)9-15(17)11-23-10-13-3-4-13;3-2(4,5)1(6)7/h5-7,12-13,15H,2-4,8-11H2,1H3;(H,6,7). The number of carboxylic acids is 1. The third-order valence-corrected chi connectivity index (χ3v) is 4.95. The van der Waals surface area contributed by atoms with Crippen LogP contribution in [-0.4, -0.2) is 56.8 Å². The summed E-state index contributed by atoms with van der Waals surface area (Å²) in [6, 6.07) is 1.97. The van der Waals surface area contributed by atoms with Gasteiger partial charge in [0, 0.05) is 43.9 Å². The Morgan fingerprint density at radius 1 is 1.33 bits per heavy atom. The van der Waals surface area contributed by atoms with Gasteiger partial charge in [-0.1, -0.05) is 0 Å². The quantitative estimate of drug-likeness (QED) is 0.758. The van der Waals surface area contributed by atoms with E-state index in [2.05, 4.69) is 31.6 Å². The van der Waals surface area contributed by atoms with Crippen LogP contribution in [-0.2, 0) is 22.6 Å². The number of carbonyl (C=O) groups is 1. The molecule has 1 saturated carbocycles. The van der Waals surface area contributed by atoms with Crippen molar-refractivity contribution in [2.45, 2.75) is 44.9 Å².